The highest BCUT2D eigenvalue weighted by molar-refractivity contribution is 5.68. The van der Waals surface area contributed by atoms with Gasteiger partial charge in [-0.3, -0.25) is 0 Å². The Labute approximate surface area is 275 Å². The standard InChI is InChI=1S/C30H55N3O14/c1-9-14-19(36)20(37)16(31)25(42-14)45-24-13(32-27(40)46-29(3,4)5)10-12(2)23(22(24)39)44-26-21(38)17(18(35)15(11-34)43-26)33-28(41)47-30(6,7)8/h12-26,34-39H,9-11,31H2,1-8H3,(H,32,40)(H,33,41). The van der Waals surface area contributed by atoms with Crippen LogP contribution in [0.1, 0.15) is 68.2 Å². The van der Waals surface area contributed by atoms with E-state index in [-0.39, 0.29) is 6.42 Å². The second-order valence-corrected chi connectivity index (χ2v) is 14.5. The average Bonchev–Trinajstić information content (AvgIpc) is 2.94. The molecule has 15 atom stereocenters. The molecule has 0 bridgehead atoms. The molecule has 0 spiro atoms. The lowest BCUT2D eigenvalue weighted by molar-refractivity contribution is -0.325. The highest BCUT2D eigenvalue weighted by atomic mass is 16.7. The van der Waals surface area contributed by atoms with Gasteiger partial charge in [0, 0.05) is 0 Å². The molecule has 17 heteroatoms. The molecule has 2 aliphatic heterocycles. The van der Waals surface area contributed by atoms with Crippen LogP contribution in [-0.4, -0.2) is 146 Å². The average molecular weight is 682 g/mol. The van der Waals surface area contributed by atoms with E-state index in [1.807, 2.05) is 0 Å². The van der Waals surface area contributed by atoms with Gasteiger partial charge in [-0.05, 0) is 60.3 Å². The smallest absolute Gasteiger partial charge is 0.408 e. The number of alkyl carbamates (subject to hydrolysis) is 2. The van der Waals surface area contributed by atoms with E-state index in [0.29, 0.717) is 6.42 Å². The first-order valence-electron chi connectivity index (χ1n) is 16.0. The Kier molecular flexibility index (Phi) is 13.3. The van der Waals surface area contributed by atoms with E-state index < -0.39 is 122 Å². The molecule has 15 unspecified atom stereocenters. The van der Waals surface area contributed by atoms with Crippen molar-refractivity contribution in [2.45, 2.75) is 165 Å². The summed E-state index contributed by atoms with van der Waals surface area (Å²) < 4.78 is 34.4. The van der Waals surface area contributed by atoms with E-state index >= 15 is 0 Å². The van der Waals surface area contributed by atoms with Gasteiger partial charge < -0.3 is 75.4 Å². The molecule has 1 aliphatic carbocycles. The van der Waals surface area contributed by atoms with Gasteiger partial charge in [-0.1, -0.05) is 13.8 Å². The van der Waals surface area contributed by atoms with Crippen molar-refractivity contribution in [3.63, 3.8) is 0 Å². The number of hydrogen-bond donors (Lipinski definition) is 9. The highest BCUT2D eigenvalue weighted by Gasteiger charge is 2.53. The molecule has 2 saturated heterocycles. The maximum Gasteiger partial charge on any atom is 0.408 e. The summed E-state index contributed by atoms with van der Waals surface area (Å²) in [4.78, 5) is 25.3. The lowest BCUT2D eigenvalue weighted by Gasteiger charge is -2.49. The fourth-order valence-electron chi connectivity index (χ4n) is 5.96. The summed E-state index contributed by atoms with van der Waals surface area (Å²) >= 11 is 0. The van der Waals surface area contributed by atoms with Crippen molar-refractivity contribution in [2.75, 3.05) is 6.61 Å². The van der Waals surface area contributed by atoms with Gasteiger partial charge in [0.2, 0.25) is 0 Å². The molecular formula is C30H55N3O14. The van der Waals surface area contributed by atoms with Crippen molar-refractivity contribution in [3.05, 3.63) is 0 Å². The molecule has 0 aromatic heterocycles. The third-order valence-corrected chi connectivity index (χ3v) is 8.26. The topological polar surface area (TPSA) is 261 Å². The van der Waals surface area contributed by atoms with E-state index in [2.05, 4.69) is 10.6 Å². The van der Waals surface area contributed by atoms with Crippen LogP contribution in [0.15, 0.2) is 0 Å². The Bertz CT molecular complexity index is 1040. The van der Waals surface area contributed by atoms with Crippen LogP contribution in [0.25, 0.3) is 0 Å². The van der Waals surface area contributed by atoms with Crippen molar-refractivity contribution in [1.29, 1.82) is 0 Å². The van der Waals surface area contributed by atoms with Gasteiger partial charge in [-0.2, -0.15) is 0 Å². The predicted molar refractivity (Wildman–Crippen MR) is 163 cm³/mol. The SMILES string of the molecule is CCC1OC(OC2C(NC(=O)OC(C)(C)C)CC(C)C(OC3OC(CO)C(O)C(NC(=O)OC(C)(C)C)C3O)C2O)C(N)C(O)C1O. The molecule has 0 aromatic carbocycles. The van der Waals surface area contributed by atoms with Gasteiger partial charge >= 0.3 is 12.2 Å². The zero-order chi connectivity index (χ0) is 35.6. The Morgan fingerprint density at radius 3 is 1.83 bits per heavy atom. The lowest BCUT2D eigenvalue weighted by Crippen LogP contribution is -2.68. The van der Waals surface area contributed by atoms with Crippen LogP contribution in [0, 0.1) is 5.92 Å². The molecule has 3 fully saturated rings. The van der Waals surface area contributed by atoms with Crippen LogP contribution >= 0.6 is 0 Å². The van der Waals surface area contributed by atoms with Gasteiger partial charge in [-0.25, -0.2) is 9.59 Å². The molecule has 1 saturated carbocycles. The number of aliphatic hydroxyl groups is 6. The van der Waals surface area contributed by atoms with Gasteiger partial charge in [-0.15, -0.1) is 0 Å². The molecular weight excluding hydrogens is 626 g/mol. The molecule has 3 aliphatic rings. The summed E-state index contributed by atoms with van der Waals surface area (Å²) in [5.41, 5.74) is 4.44. The predicted octanol–water partition coefficient (Wildman–Crippen LogP) is -1.43. The van der Waals surface area contributed by atoms with Crippen LogP contribution < -0.4 is 16.4 Å². The quantitative estimate of drug-likeness (QED) is 0.142. The maximum atomic E-state index is 12.8. The minimum Gasteiger partial charge on any atom is -0.444 e. The number of ether oxygens (including phenoxy) is 6. The van der Waals surface area contributed by atoms with Crippen molar-refractivity contribution in [3.8, 4) is 0 Å². The van der Waals surface area contributed by atoms with E-state index in [1.54, 1.807) is 55.4 Å². The molecule has 10 N–H and O–H groups in total. The first-order valence-corrected chi connectivity index (χ1v) is 16.0. The first-order chi connectivity index (χ1) is 21.7. The number of carbonyl (C=O) groups excluding carboxylic acids is 2. The number of nitrogens with two attached hydrogens (primary N) is 1. The number of aliphatic hydroxyl groups excluding tert-OH is 6. The number of carbonyl (C=O) groups is 2. The Morgan fingerprint density at radius 1 is 0.766 bits per heavy atom. The summed E-state index contributed by atoms with van der Waals surface area (Å²) in [5, 5.41) is 69.6. The minimum atomic E-state index is -1.69. The van der Waals surface area contributed by atoms with E-state index in [0.717, 1.165) is 0 Å². The minimum absolute atomic E-state index is 0.143. The molecule has 17 nitrogen and oxygen atoms in total. The van der Waals surface area contributed by atoms with Crippen LogP contribution in [0.2, 0.25) is 0 Å². The lowest BCUT2D eigenvalue weighted by atomic mass is 9.80. The highest BCUT2D eigenvalue weighted by Crippen LogP contribution is 2.35. The summed E-state index contributed by atoms with van der Waals surface area (Å²) in [5.74, 6) is -0.533. The molecule has 2 amide bonds. The van der Waals surface area contributed by atoms with Crippen LogP contribution in [0.4, 0.5) is 9.59 Å². The van der Waals surface area contributed by atoms with Crippen molar-refractivity contribution >= 4 is 12.2 Å². The zero-order valence-corrected chi connectivity index (χ0v) is 28.3. The van der Waals surface area contributed by atoms with Gasteiger partial charge in [0.05, 0.1) is 36.9 Å². The second-order valence-electron chi connectivity index (χ2n) is 14.5. The normalized spacial score (nSPS) is 41.6. The van der Waals surface area contributed by atoms with Gasteiger partial charge in [0.1, 0.15) is 53.9 Å². The molecule has 0 radical (unpaired) electrons. The Morgan fingerprint density at radius 2 is 1.30 bits per heavy atom. The Balaban J connectivity index is 1.87. The number of amides is 2. The summed E-state index contributed by atoms with van der Waals surface area (Å²) in [7, 11) is 0. The third-order valence-electron chi connectivity index (χ3n) is 8.26. The van der Waals surface area contributed by atoms with Gasteiger partial charge in [0.25, 0.3) is 0 Å². The molecule has 0 aromatic rings. The second kappa shape index (κ2) is 15.8. The molecule has 2 heterocycles. The largest absolute Gasteiger partial charge is 0.444 e. The molecule has 3 rings (SSSR count). The summed E-state index contributed by atoms with van der Waals surface area (Å²) in [6, 6.07) is -3.51. The van der Waals surface area contributed by atoms with E-state index in [1.165, 1.54) is 0 Å². The Hall–Kier alpha value is -1.90. The third kappa shape index (κ3) is 10.1. The fourth-order valence-corrected chi connectivity index (χ4v) is 5.96. The van der Waals surface area contributed by atoms with E-state index in [9.17, 15) is 40.2 Å². The maximum absolute atomic E-state index is 12.8. The van der Waals surface area contributed by atoms with Crippen molar-refractivity contribution in [2.24, 2.45) is 11.7 Å². The number of rotatable bonds is 8. The number of hydrogen-bond acceptors (Lipinski definition) is 15. The van der Waals surface area contributed by atoms with Gasteiger partial charge in [0.15, 0.2) is 12.6 Å². The van der Waals surface area contributed by atoms with Crippen LogP contribution in [-0.2, 0) is 28.4 Å². The van der Waals surface area contributed by atoms with Crippen molar-refractivity contribution < 1.29 is 68.6 Å². The van der Waals surface area contributed by atoms with Crippen LogP contribution in [0.3, 0.4) is 0 Å². The monoisotopic (exact) mass is 681 g/mol. The van der Waals surface area contributed by atoms with E-state index in [4.69, 9.17) is 34.2 Å². The van der Waals surface area contributed by atoms with Crippen LogP contribution in [0.5, 0.6) is 0 Å². The number of nitrogens with one attached hydrogen (secondary N) is 2. The van der Waals surface area contributed by atoms with Crippen molar-refractivity contribution in [1.82, 2.24) is 10.6 Å². The molecule has 47 heavy (non-hydrogen) atoms. The fraction of sp³-hybridized carbons (Fsp3) is 0.933. The summed E-state index contributed by atoms with van der Waals surface area (Å²) in [6.45, 7) is 12.7. The molecule has 274 valence electrons. The first kappa shape index (κ1) is 39.5. The summed E-state index contributed by atoms with van der Waals surface area (Å²) in [6.07, 6.45) is -16.2. The zero-order valence-electron chi connectivity index (χ0n) is 28.3.